The highest BCUT2D eigenvalue weighted by Gasteiger charge is 2.11. The van der Waals surface area contributed by atoms with Gasteiger partial charge in [0.1, 0.15) is 11.4 Å². The van der Waals surface area contributed by atoms with Gasteiger partial charge >= 0.3 is 0 Å². The lowest BCUT2D eigenvalue weighted by Crippen LogP contribution is -1.98. The molecule has 0 bridgehead atoms. The molecule has 0 unspecified atom stereocenters. The number of hydrogen-bond donors (Lipinski definition) is 1. The van der Waals surface area contributed by atoms with Crippen LogP contribution < -0.4 is 10.2 Å². The van der Waals surface area contributed by atoms with Gasteiger partial charge in [-0.25, -0.2) is 0 Å². The van der Waals surface area contributed by atoms with Gasteiger partial charge in [0.25, 0.3) is 5.69 Å². The summed E-state index contributed by atoms with van der Waals surface area (Å²) in [5.74, 6) is 0.416. The Bertz CT molecular complexity index is 735. The molecule has 0 saturated heterocycles. The summed E-state index contributed by atoms with van der Waals surface area (Å²) in [6, 6.07) is 9.35. The second-order valence-electron chi connectivity index (χ2n) is 4.15. The summed E-state index contributed by atoms with van der Waals surface area (Å²) in [4.78, 5) is 10.4. The smallest absolute Gasteiger partial charge is 0.294 e. The van der Waals surface area contributed by atoms with Crippen LogP contribution in [0.2, 0.25) is 10.0 Å². The van der Waals surface area contributed by atoms with Crippen LogP contribution in [-0.2, 0) is 0 Å². The molecule has 0 aromatic heterocycles. The van der Waals surface area contributed by atoms with Gasteiger partial charge in [-0.1, -0.05) is 35.3 Å². The zero-order valence-electron chi connectivity index (χ0n) is 11.4. The van der Waals surface area contributed by atoms with E-state index >= 15 is 0 Å². The minimum absolute atomic E-state index is 0.0734. The van der Waals surface area contributed by atoms with Gasteiger partial charge in [-0.3, -0.25) is 15.5 Å². The monoisotopic (exact) mass is 339 g/mol. The fourth-order valence-corrected chi connectivity index (χ4v) is 2.38. The van der Waals surface area contributed by atoms with Gasteiger partial charge in [0.05, 0.1) is 23.3 Å². The molecule has 114 valence electrons. The molecule has 0 aliphatic carbocycles. The molecule has 0 aliphatic heterocycles. The van der Waals surface area contributed by atoms with Crippen molar-refractivity contribution >= 4 is 40.8 Å². The van der Waals surface area contributed by atoms with Crippen molar-refractivity contribution in [3.8, 4) is 5.75 Å². The Hall–Kier alpha value is -2.31. The molecule has 0 spiro atoms. The zero-order valence-corrected chi connectivity index (χ0v) is 12.9. The number of para-hydroxylation sites is 2. The standard InChI is InChI=1S/C14H11Cl2N3O3/c1-22-14-9(6-10(15)7-11(14)16)8-17-18-12-4-2-3-5-13(12)19(20)21/h2-8,18H,1H3. The van der Waals surface area contributed by atoms with Crippen molar-refractivity contribution < 1.29 is 9.66 Å². The molecule has 2 aromatic rings. The van der Waals surface area contributed by atoms with E-state index in [1.54, 1.807) is 30.3 Å². The van der Waals surface area contributed by atoms with E-state index in [-0.39, 0.29) is 11.4 Å². The molecule has 8 heteroatoms. The maximum Gasteiger partial charge on any atom is 0.294 e. The van der Waals surface area contributed by atoms with E-state index in [2.05, 4.69) is 10.5 Å². The number of nitro benzene ring substituents is 1. The molecular weight excluding hydrogens is 329 g/mol. The van der Waals surface area contributed by atoms with Crippen molar-refractivity contribution in [2.75, 3.05) is 12.5 Å². The van der Waals surface area contributed by atoms with E-state index < -0.39 is 4.92 Å². The summed E-state index contributed by atoms with van der Waals surface area (Å²) < 4.78 is 5.18. The summed E-state index contributed by atoms with van der Waals surface area (Å²) >= 11 is 11.9. The topological polar surface area (TPSA) is 76.8 Å². The lowest BCUT2D eigenvalue weighted by molar-refractivity contribution is -0.384. The van der Waals surface area contributed by atoms with Gasteiger partial charge in [0.2, 0.25) is 0 Å². The number of anilines is 1. The molecule has 22 heavy (non-hydrogen) atoms. The van der Waals surface area contributed by atoms with Crippen LogP contribution >= 0.6 is 23.2 Å². The van der Waals surface area contributed by atoms with Gasteiger partial charge < -0.3 is 4.74 Å². The first kappa shape index (κ1) is 16.1. The number of hydrogen-bond acceptors (Lipinski definition) is 5. The Labute approximate surface area is 136 Å². The SMILES string of the molecule is COc1c(Cl)cc(Cl)cc1C=NNc1ccccc1[N+](=O)[O-]. The van der Waals surface area contributed by atoms with Crippen LogP contribution in [-0.4, -0.2) is 18.2 Å². The lowest BCUT2D eigenvalue weighted by atomic mass is 10.2. The van der Waals surface area contributed by atoms with Crippen molar-refractivity contribution in [1.29, 1.82) is 0 Å². The molecule has 0 atom stereocenters. The largest absolute Gasteiger partial charge is 0.495 e. The molecule has 0 heterocycles. The number of methoxy groups -OCH3 is 1. The van der Waals surface area contributed by atoms with E-state index in [0.29, 0.717) is 21.4 Å². The van der Waals surface area contributed by atoms with E-state index in [4.69, 9.17) is 27.9 Å². The van der Waals surface area contributed by atoms with E-state index in [1.807, 2.05) is 0 Å². The number of rotatable bonds is 5. The molecule has 2 rings (SSSR count). The van der Waals surface area contributed by atoms with Crippen LogP contribution in [0.4, 0.5) is 11.4 Å². The number of nitrogens with zero attached hydrogens (tertiary/aromatic N) is 2. The van der Waals surface area contributed by atoms with Crippen LogP contribution in [0.5, 0.6) is 5.75 Å². The predicted molar refractivity (Wildman–Crippen MR) is 87.3 cm³/mol. The highest BCUT2D eigenvalue weighted by atomic mass is 35.5. The first-order chi connectivity index (χ1) is 10.5. The molecule has 0 saturated carbocycles. The molecule has 6 nitrogen and oxygen atoms in total. The number of nitrogens with one attached hydrogen (secondary N) is 1. The highest BCUT2D eigenvalue weighted by molar-refractivity contribution is 6.36. The van der Waals surface area contributed by atoms with Gasteiger partial charge in [-0.15, -0.1) is 0 Å². The Kier molecular flexibility index (Phi) is 5.19. The third-order valence-corrected chi connectivity index (χ3v) is 3.23. The Morgan fingerprint density at radius 1 is 1.32 bits per heavy atom. The maximum absolute atomic E-state index is 10.9. The summed E-state index contributed by atoms with van der Waals surface area (Å²) in [7, 11) is 1.47. The van der Waals surface area contributed by atoms with Crippen LogP contribution in [0.15, 0.2) is 41.5 Å². The molecule has 1 N–H and O–H groups in total. The molecule has 0 amide bonds. The Morgan fingerprint density at radius 3 is 2.73 bits per heavy atom. The number of hydrazone groups is 1. The molecule has 0 aliphatic rings. The molecular formula is C14H11Cl2N3O3. The minimum atomic E-state index is -0.491. The zero-order chi connectivity index (χ0) is 16.1. The summed E-state index contributed by atoms with van der Waals surface area (Å²) in [6.07, 6.45) is 1.42. The first-order valence-electron chi connectivity index (χ1n) is 6.08. The van der Waals surface area contributed by atoms with Crippen molar-refractivity contribution in [1.82, 2.24) is 0 Å². The minimum Gasteiger partial charge on any atom is -0.495 e. The first-order valence-corrected chi connectivity index (χ1v) is 6.84. The quantitative estimate of drug-likeness (QED) is 0.498. The van der Waals surface area contributed by atoms with Crippen LogP contribution in [0.3, 0.4) is 0 Å². The van der Waals surface area contributed by atoms with Crippen molar-refractivity contribution in [3.63, 3.8) is 0 Å². The maximum atomic E-state index is 10.9. The molecule has 0 fully saturated rings. The summed E-state index contributed by atoms with van der Waals surface area (Å²) in [5, 5.41) is 15.7. The normalized spacial score (nSPS) is 10.7. The average molecular weight is 340 g/mol. The summed E-state index contributed by atoms with van der Waals surface area (Å²) in [5.41, 5.74) is 3.37. The second kappa shape index (κ2) is 7.11. The van der Waals surface area contributed by atoms with Gasteiger partial charge in [-0.05, 0) is 18.2 Å². The number of halogens is 2. The second-order valence-corrected chi connectivity index (χ2v) is 5.00. The van der Waals surface area contributed by atoms with Crippen molar-refractivity contribution in [3.05, 3.63) is 62.1 Å². The number of benzene rings is 2. The fourth-order valence-electron chi connectivity index (χ4n) is 1.79. The third kappa shape index (κ3) is 3.66. The van der Waals surface area contributed by atoms with E-state index in [9.17, 15) is 10.1 Å². The van der Waals surface area contributed by atoms with Gasteiger partial charge in [-0.2, -0.15) is 5.10 Å². The average Bonchev–Trinajstić information content (AvgIpc) is 2.47. The number of ether oxygens (including phenoxy) is 1. The number of nitro groups is 1. The van der Waals surface area contributed by atoms with Crippen LogP contribution in [0.1, 0.15) is 5.56 Å². The van der Waals surface area contributed by atoms with Crippen LogP contribution in [0.25, 0.3) is 0 Å². The van der Waals surface area contributed by atoms with Gasteiger partial charge in [0.15, 0.2) is 0 Å². The summed E-state index contributed by atoms with van der Waals surface area (Å²) in [6.45, 7) is 0. The highest BCUT2D eigenvalue weighted by Crippen LogP contribution is 2.31. The molecule has 0 radical (unpaired) electrons. The fraction of sp³-hybridized carbons (Fsp3) is 0.0714. The Morgan fingerprint density at radius 2 is 2.05 bits per heavy atom. The van der Waals surface area contributed by atoms with Crippen molar-refractivity contribution in [2.45, 2.75) is 0 Å². The Balaban J connectivity index is 2.26. The van der Waals surface area contributed by atoms with E-state index in [1.165, 1.54) is 19.4 Å². The predicted octanol–water partition coefficient (Wildman–Crippen LogP) is 4.36. The lowest BCUT2D eigenvalue weighted by Gasteiger charge is -2.07. The molecule has 2 aromatic carbocycles. The van der Waals surface area contributed by atoms with Crippen molar-refractivity contribution in [2.24, 2.45) is 5.10 Å². The van der Waals surface area contributed by atoms with Gasteiger partial charge in [0, 0.05) is 16.7 Å². The third-order valence-electron chi connectivity index (χ3n) is 2.73. The van der Waals surface area contributed by atoms with Crippen LogP contribution in [0, 0.1) is 10.1 Å². The van der Waals surface area contributed by atoms with E-state index in [0.717, 1.165) is 0 Å².